The van der Waals surface area contributed by atoms with Gasteiger partial charge in [-0.2, -0.15) is 4.80 Å². The van der Waals surface area contributed by atoms with Gasteiger partial charge in [-0.1, -0.05) is 29.0 Å². The van der Waals surface area contributed by atoms with Crippen LogP contribution < -0.4 is 9.64 Å². The van der Waals surface area contributed by atoms with Crippen molar-refractivity contribution in [3.05, 3.63) is 28.8 Å². The molecule has 3 aromatic rings. The Bertz CT molecular complexity index is 1130. The monoisotopic (exact) mass is 475 g/mol. The van der Waals surface area contributed by atoms with E-state index in [-0.39, 0.29) is 12.1 Å². The Hall–Kier alpha value is -2.79. The van der Waals surface area contributed by atoms with Crippen molar-refractivity contribution in [1.29, 1.82) is 0 Å². The zero-order valence-electron chi connectivity index (χ0n) is 17.5. The molecule has 5 rings (SSSR count). The predicted molar refractivity (Wildman–Crippen MR) is 118 cm³/mol. The molecule has 0 saturated carbocycles. The van der Waals surface area contributed by atoms with Crippen molar-refractivity contribution in [2.24, 2.45) is 0 Å². The number of halogens is 1. The smallest absolute Gasteiger partial charge is 0.329 e. The Morgan fingerprint density at radius 1 is 1.25 bits per heavy atom. The first-order valence-electron chi connectivity index (χ1n) is 10.5. The van der Waals surface area contributed by atoms with E-state index in [4.69, 9.17) is 21.1 Å². The first-order chi connectivity index (χ1) is 15.5. The molecule has 12 heteroatoms. The third-order valence-corrected chi connectivity index (χ3v) is 7.15. The number of ether oxygens (including phenoxy) is 2. The number of carbonyl (C=O) groups excluding carboxylic acids is 1. The highest BCUT2D eigenvalue weighted by Crippen LogP contribution is 2.42. The molecular weight excluding hydrogens is 454 g/mol. The van der Waals surface area contributed by atoms with Crippen LogP contribution in [0.3, 0.4) is 0 Å². The molecule has 0 N–H and O–H groups in total. The number of nitrogens with zero attached hydrogens (tertiary/aromatic N) is 7. The summed E-state index contributed by atoms with van der Waals surface area (Å²) in [5.41, 5.74) is 0.957. The molecule has 0 aliphatic carbocycles. The molecule has 1 spiro atoms. The van der Waals surface area contributed by atoms with Crippen LogP contribution in [0.15, 0.2) is 18.2 Å². The molecule has 2 aliphatic rings. The summed E-state index contributed by atoms with van der Waals surface area (Å²) in [4.78, 5) is 15.0. The highest BCUT2D eigenvalue weighted by molar-refractivity contribution is 7.18. The molecule has 2 aliphatic heterocycles. The molecule has 0 unspecified atom stereocenters. The fraction of sp³-hybridized carbons (Fsp3) is 0.500. The number of carbonyl (C=O) groups is 1. The van der Waals surface area contributed by atoms with Crippen molar-refractivity contribution in [2.75, 3.05) is 24.6 Å². The number of hydrogen-bond donors (Lipinski definition) is 0. The Balaban J connectivity index is 1.22. The number of fused-ring (bicyclic) bond motifs is 1. The summed E-state index contributed by atoms with van der Waals surface area (Å²) in [6.07, 6.45) is 3.71. The van der Waals surface area contributed by atoms with E-state index in [0.29, 0.717) is 17.4 Å². The number of anilines is 1. The van der Waals surface area contributed by atoms with Crippen molar-refractivity contribution in [3.8, 4) is 16.6 Å². The minimum atomic E-state index is -0.411. The van der Waals surface area contributed by atoms with Gasteiger partial charge < -0.3 is 14.4 Å². The largest absolute Gasteiger partial charge is 0.487 e. The summed E-state index contributed by atoms with van der Waals surface area (Å²) in [5.74, 6) is 0.842. The fourth-order valence-electron chi connectivity index (χ4n) is 4.12. The molecule has 0 radical (unpaired) electrons. The number of rotatable bonds is 5. The zero-order valence-corrected chi connectivity index (χ0v) is 19.1. The molecule has 1 fully saturated rings. The topological polar surface area (TPSA) is 108 Å². The Morgan fingerprint density at radius 3 is 2.91 bits per heavy atom. The maximum atomic E-state index is 11.6. The van der Waals surface area contributed by atoms with Crippen LogP contribution in [0.2, 0.25) is 5.02 Å². The number of piperidine rings is 1. The van der Waals surface area contributed by atoms with E-state index in [1.807, 2.05) is 18.2 Å². The predicted octanol–water partition coefficient (Wildman–Crippen LogP) is 2.77. The summed E-state index contributed by atoms with van der Waals surface area (Å²) in [5, 5.41) is 22.8. The Kier molecular flexibility index (Phi) is 5.68. The van der Waals surface area contributed by atoms with E-state index in [1.54, 1.807) is 6.92 Å². The van der Waals surface area contributed by atoms with Crippen molar-refractivity contribution in [2.45, 2.75) is 44.8 Å². The van der Waals surface area contributed by atoms with E-state index in [9.17, 15) is 4.79 Å². The van der Waals surface area contributed by atoms with Gasteiger partial charge in [-0.15, -0.1) is 20.4 Å². The Morgan fingerprint density at radius 2 is 2.09 bits per heavy atom. The van der Waals surface area contributed by atoms with Gasteiger partial charge in [0.05, 0.1) is 6.61 Å². The maximum Gasteiger partial charge on any atom is 0.329 e. The average molecular weight is 476 g/mol. The van der Waals surface area contributed by atoms with Gasteiger partial charge in [0.25, 0.3) is 0 Å². The van der Waals surface area contributed by atoms with Gasteiger partial charge in [0, 0.05) is 36.5 Å². The number of esters is 1. The Labute approximate surface area is 193 Å². The lowest BCUT2D eigenvalue weighted by molar-refractivity contribution is -0.144. The van der Waals surface area contributed by atoms with Crippen LogP contribution in [0.4, 0.5) is 5.13 Å². The highest BCUT2D eigenvalue weighted by Gasteiger charge is 2.40. The first kappa shape index (κ1) is 21.1. The quantitative estimate of drug-likeness (QED) is 0.514. The van der Waals surface area contributed by atoms with Crippen molar-refractivity contribution >= 4 is 34.0 Å². The number of hydrogen-bond acceptors (Lipinski definition) is 10. The molecule has 4 heterocycles. The summed E-state index contributed by atoms with van der Waals surface area (Å²) in [6, 6.07) is 5.87. The summed E-state index contributed by atoms with van der Waals surface area (Å²) < 4.78 is 11.3. The van der Waals surface area contributed by atoms with Gasteiger partial charge in [-0.25, -0.2) is 4.79 Å². The normalized spacial score (nSPS) is 17.1. The average Bonchev–Trinajstić information content (AvgIpc) is 3.44. The van der Waals surface area contributed by atoms with Crippen LogP contribution >= 0.6 is 22.9 Å². The fourth-order valence-corrected chi connectivity index (χ4v) is 5.20. The lowest BCUT2D eigenvalue weighted by atomic mass is 9.83. The van der Waals surface area contributed by atoms with Crippen LogP contribution in [0.25, 0.3) is 10.8 Å². The van der Waals surface area contributed by atoms with E-state index < -0.39 is 5.97 Å². The second-order valence-electron chi connectivity index (χ2n) is 7.83. The van der Waals surface area contributed by atoms with Crippen molar-refractivity contribution < 1.29 is 14.3 Å². The number of tetrazole rings is 1. The van der Waals surface area contributed by atoms with Gasteiger partial charge in [0.1, 0.15) is 11.4 Å². The van der Waals surface area contributed by atoms with Gasteiger partial charge >= 0.3 is 5.97 Å². The molecule has 2 aromatic heterocycles. The number of aromatic nitrogens is 6. The molecule has 10 nitrogen and oxygen atoms in total. The first-order valence-corrected chi connectivity index (χ1v) is 11.7. The highest BCUT2D eigenvalue weighted by atomic mass is 35.5. The van der Waals surface area contributed by atoms with E-state index >= 15 is 0 Å². The van der Waals surface area contributed by atoms with Crippen molar-refractivity contribution in [3.63, 3.8) is 0 Å². The van der Waals surface area contributed by atoms with Gasteiger partial charge in [0.15, 0.2) is 11.6 Å². The molecule has 1 aromatic carbocycles. The minimum Gasteiger partial charge on any atom is -0.487 e. The van der Waals surface area contributed by atoms with E-state index in [1.165, 1.54) is 16.1 Å². The van der Waals surface area contributed by atoms with E-state index in [0.717, 1.165) is 60.2 Å². The van der Waals surface area contributed by atoms with Crippen LogP contribution in [-0.2, 0) is 22.5 Å². The number of benzene rings is 1. The lowest BCUT2D eigenvalue weighted by Gasteiger charge is -2.44. The van der Waals surface area contributed by atoms with Gasteiger partial charge in [0.2, 0.25) is 11.0 Å². The standard InChI is InChI=1S/C20H22ClN7O3S/c1-2-30-16(29)12-28-25-17(22-26-28)18-23-24-19(32-18)27-10-8-20(9-11-27)7-6-13-14(21)4-3-5-15(13)31-20/h3-5H,2,6-12H2,1H3. The third-order valence-electron chi connectivity index (χ3n) is 5.81. The molecule has 0 atom stereocenters. The summed E-state index contributed by atoms with van der Waals surface area (Å²) >= 11 is 7.74. The molecule has 1 saturated heterocycles. The van der Waals surface area contributed by atoms with Crippen LogP contribution in [0.5, 0.6) is 5.75 Å². The second kappa shape index (κ2) is 8.62. The molecular formula is C20H22ClN7O3S. The minimum absolute atomic E-state index is 0.0882. The van der Waals surface area contributed by atoms with Crippen molar-refractivity contribution in [1.82, 2.24) is 30.4 Å². The SMILES string of the molecule is CCOC(=O)Cn1nnc(-c2nnc(N3CCC4(CCc5c(Cl)cccc5O4)CC3)s2)n1. The van der Waals surface area contributed by atoms with Crippen LogP contribution in [0, 0.1) is 0 Å². The summed E-state index contributed by atoms with van der Waals surface area (Å²) in [7, 11) is 0. The molecule has 0 amide bonds. The van der Waals surface area contributed by atoms with E-state index in [2.05, 4.69) is 30.5 Å². The molecule has 0 bridgehead atoms. The molecule has 32 heavy (non-hydrogen) atoms. The van der Waals surface area contributed by atoms with Crippen LogP contribution in [0.1, 0.15) is 31.7 Å². The second-order valence-corrected chi connectivity index (χ2v) is 9.19. The van der Waals surface area contributed by atoms with Crippen LogP contribution in [-0.4, -0.2) is 61.7 Å². The van der Waals surface area contributed by atoms with Gasteiger partial charge in [-0.05, 0) is 37.1 Å². The molecule has 168 valence electrons. The third kappa shape index (κ3) is 4.14. The van der Waals surface area contributed by atoms with Gasteiger partial charge in [-0.3, -0.25) is 0 Å². The zero-order chi connectivity index (χ0) is 22.1. The lowest BCUT2D eigenvalue weighted by Crippen LogP contribution is -2.49. The summed E-state index contributed by atoms with van der Waals surface area (Å²) in [6.45, 7) is 3.62. The maximum absolute atomic E-state index is 11.6.